The summed E-state index contributed by atoms with van der Waals surface area (Å²) < 4.78 is 6.00. The van der Waals surface area contributed by atoms with E-state index in [-0.39, 0.29) is 0 Å². The lowest BCUT2D eigenvalue weighted by molar-refractivity contribution is 0.191. The molecule has 5 heteroatoms. The summed E-state index contributed by atoms with van der Waals surface area (Å²) in [6.07, 6.45) is -0.605. The molecule has 0 aliphatic carbocycles. The van der Waals surface area contributed by atoms with Crippen molar-refractivity contribution in [3.63, 3.8) is 0 Å². The molecule has 0 bridgehead atoms. The maximum Gasteiger partial charge on any atom is 0.118 e. The Labute approximate surface area is 131 Å². The quantitative estimate of drug-likeness (QED) is 0.841. The van der Waals surface area contributed by atoms with Crippen LogP contribution >= 0.6 is 27.5 Å². The summed E-state index contributed by atoms with van der Waals surface area (Å²) in [7, 11) is 1.61. The van der Waals surface area contributed by atoms with Crippen molar-refractivity contribution >= 4 is 33.2 Å². The van der Waals surface area contributed by atoms with Crippen LogP contribution in [0.5, 0.6) is 5.75 Å². The third kappa shape index (κ3) is 3.88. The van der Waals surface area contributed by atoms with Crippen molar-refractivity contribution in [2.45, 2.75) is 6.10 Å². The second-order valence-corrected chi connectivity index (χ2v) is 5.58. The second kappa shape index (κ2) is 6.97. The lowest BCUT2D eigenvalue weighted by Crippen LogP contribution is -2.12. The average molecular weight is 357 g/mol. The maximum atomic E-state index is 10.2. The van der Waals surface area contributed by atoms with E-state index in [4.69, 9.17) is 16.3 Å². The summed E-state index contributed by atoms with van der Waals surface area (Å²) in [5.41, 5.74) is 1.68. The van der Waals surface area contributed by atoms with Gasteiger partial charge in [-0.3, -0.25) is 0 Å². The minimum atomic E-state index is -0.605. The van der Waals surface area contributed by atoms with Gasteiger partial charge in [-0.05, 0) is 51.8 Å². The predicted molar refractivity (Wildman–Crippen MR) is 85.6 cm³/mol. The summed E-state index contributed by atoms with van der Waals surface area (Å²) in [6, 6.07) is 12.8. The fraction of sp³-hybridized carbons (Fsp3) is 0.200. The Morgan fingerprint density at radius 3 is 2.60 bits per heavy atom. The molecule has 2 rings (SSSR count). The van der Waals surface area contributed by atoms with Gasteiger partial charge < -0.3 is 15.2 Å². The van der Waals surface area contributed by atoms with Crippen molar-refractivity contribution in [2.24, 2.45) is 0 Å². The van der Waals surface area contributed by atoms with E-state index < -0.39 is 6.10 Å². The van der Waals surface area contributed by atoms with Crippen LogP contribution in [0.3, 0.4) is 0 Å². The third-order valence-corrected chi connectivity index (χ3v) is 3.84. The lowest BCUT2D eigenvalue weighted by atomic mass is 10.1. The maximum absolute atomic E-state index is 10.2. The van der Waals surface area contributed by atoms with Crippen LogP contribution in [0, 0.1) is 0 Å². The number of hydrogen-bond donors (Lipinski definition) is 2. The van der Waals surface area contributed by atoms with Gasteiger partial charge in [0.2, 0.25) is 0 Å². The Bertz CT molecular complexity index is 575. The Kier molecular flexibility index (Phi) is 5.29. The monoisotopic (exact) mass is 355 g/mol. The minimum Gasteiger partial charge on any atom is -0.497 e. The molecule has 2 aromatic rings. The number of benzene rings is 2. The molecule has 0 saturated heterocycles. The molecule has 0 spiro atoms. The van der Waals surface area contributed by atoms with Crippen LogP contribution in [0.25, 0.3) is 0 Å². The van der Waals surface area contributed by atoms with Crippen molar-refractivity contribution in [1.29, 1.82) is 0 Å². The fourth-order valence-electron chi connectivity index (χ4n) is 1.78. The molecule has 20 heavy (non-hydrogen) atoms. The number of ether oxygens (including phenoxy) is 1. The number of anilines is 1. The van der Waals surface area contributed by atoms with E-state index >= 15 is 0 Å². The number of aliphatic hydroxyl groups is 1. The molecule has 0 aliphatic heterocycles. The summed E-state index contributed by atoms with van der Waals surface area (Å²) in [6.45, 7) is 0.394. The van der Waals surface area contributed by atoms with Crippen molar-refractivity contribution < 1.29 is 9.84 Å². The van der Waals surface area contributed by atoms with E-state index in [9.17, 15) is 5.11 Å². The second-order valence-electron chi connectivity index (χ2n) is 4.29. The van der Waals surface area contributed by atoms with E-state index in [2.05, 4.69) is 21.2 Å². The Hall–Kier alpha value is -1.23. The molecule has 3 nitrogen and oxygen atoms in total. The van der Waals surface area contributed by atoms with E-state index in [0.717, 1.165) is 21.5 Å². The summed E-state index contributed by atoms with van der Waals surface area (Å²) in [4.78, 5) is 0. The van der Waals surface area contributed by atoms with Gasteiger partial charge in [0.1, 0.15) is 5.75 Å². The smallest absolute Gasteiger partial charge is 0.118 e. The number of aliphatic hydroxyl groups excluding tert-OH is 1. The Morgan fingerprint density at radius 2 is 1.95 bits per heavy atom. The van der Waals surface area contributed by atoms with Crippen LogP contribution in [0.1, 0.15) is 11.7 Å². The molecule has 0 radical (unpaired) electrons. The lowest BCUT2D eigenvalue weighted by Gasteiger charge is -2.14. The number of halogens is 2. The third-order valence-electron chi connectivity index (χ3n) is 2.91. The molecule has 0 heterocycles. The molecule has 2 aromatic carbocycles. The molecule has 0 aromatic heterocycles. The topological polar surface area (TPSA) is 41.5 Å². The highest BCUT2D eigenvalue weighted by atomic mass is 79.9. The van der Waals surface area contributed by atoms with Crippen molar-refractivity contribution in [2.75, 3.05) is 19.0 Å². The van der Waals surface area contributed by atoms with Crippen LogP contribution in [-0.4, -0.2) is 18.8 Å². The van der Waals surface area contributed by atoms with Gasteiger partial charge in [-0.1, -0.05) is 23.7 Å². The van der Waals surface area contributed by atoms with E-state index in [1.54, 1.807) is 13.2 Å². The van der Waals surface area contributed by atoms with Crippen LogP contribution in [0.2, 0.25) is 5.02 Å². The number of nitrogens with one attached hydrogen (secondary N) is 1. The first-order valence-corrected chi connectivity index (χ1v) is 7.28. The van der Waals surface area contributed by atoms with Crippen molar-refractivity contribution in [3.05, 3.63) is 57.5 Å². The average Bonchev–Trinajstić information content (AvgIpc) is 2.48. The highest BCUT2D eigenvalue weighted by Gasteiger charge is 2.08. The first kappa shape index (κ1) is 15.2. The fourth-order valence-corrected chi connectivity index (χ4v) is 2.34. The summed E-state index contributed by atoms with van der Waals surface area (Å²) in [5.74, 6) is 0.770. The Morgan fingerprint density at radius 1 is 1.25 bits per heavy atom. The van der Waals surface area contributed by atoms with E-state index in [1.165, 1.54) is 0 Å². The number of rotatable bonds is 5. The van der Waals surface area contributed by atoms with Crippen LogP contribution in [0.4, 0.5) is 5.69 Å². The molecule has 0 amide bonds. The molecule has 0 fully saturated rings. The van der Waals surface area contributed by atoms with Gasteiger partial charge in [0.15, 0.2) is 0 Å². The molecule has 106 valence electrons. The molecule has 1 unspecified atom stereocenters. The summed E-state index contributed by atoms with van der Waals surface area (Å²) in [5, 5.41) is 14.0. The van der Waals surface area contributed by atoms with Gasteiger partial charge >= 0.3 is 0 Å². The van der Waals surface area contributed by atoms with Gasteiger partial charge in [-0.15, -0.1) is 0 Å². The largest absolute Gasteiger partial charge is 0.497 e. The minimum absolute atomic E-state index is 0.394. The normalized spacial score (nSPS) is 12.0. The zero-order valence-electron chi connectivity index (χ0n) is 10.9. The number of hydrogen-bond acceptors (Lipinski definition) is 3. The van der Waals surface area contributed by atoms with Crippen molar-refractivity contribution in [3.8, 4) is 5.75 Å². The standard InChI is InChI=1S/C15H15BrClNO2/c1-20-12-5-2-10(3-6-12)15(19)9-18-14-8-11(17)4-7-13(14)16/h2-8,15,18-19H,9H2,1H3. The van der Waals surface area contributed by atoms with Crippen LogP contribution in [0.15, 0.2) is 46.9 Å². The van der Waals surface area contributed by atoms with Gasteiger partial charge in [0, 0.05) is 16.0 Å². The molecule has 0 aliphatic rings. The van der Waals surface area contributed by atoms with Gasteiger partial charge in [-0.2, -0.15) is 0 Å². The first-order chi connectivity index (χ1) is 9.60. The molecular formula is C15H15BrClNO2. The zero-order chi connectivity index (χ0) is 14.5. The van der Waals surface area contributed by atoms with Crippen molar-refractivity contribution in [1.82, 2.24) is 0 Å². The SMILES string of the molecule is COc1ccc(C(O)CNc2cc(Cl)ccc2Br)cc1. The zero-order valence-corrected chi connectivity index (χ0v) is 13.3. The molecule has 2 N–H and O–H groups in total. The van der Waals surface area contributed by atoms with E-state index in [0.29, 0.717) is 11.6 Å². The Balaban J connectivity index is 2.00. The highest BCUT2D eigenvalue weighted by molar-refractivity contribution is 9.10. The van der Waals surface area contributed by atoms with Gasteiger partial charge in [-0.25, -0.2) is 0 Å². The molecule has 1 atom stereocenters. The van der Waals surface area contributed by atoms with Gasteiger partial charge in [0.25, 0.3) is 0 Å². The summed E-state index contributed by atoms with van der Waals surface area (Å²) >= 11 is 9.38. The molecule has 0 saturated carbocycles. The van der Waals surface area contributed by atoms with Crippen LogP contribution < -0.4 is 10.1 Å². The first-order valence-electron chi connectivity index (χ1n) is 6.11. The predicted octanol–water partition coefficient (Wildman–Crippen LogP) is 4.26. The van der Waals surface area contributed by atoms with E-state index in [1.807, 2.05) is 36.4 Å². The molecular weight excluding hydrogens is 342 g/mol. The van der Waals surface area contributed by atoms with Crippen LogP contribution in [-0.2, 0) is 0 Å². The van der Waals surface area contributed by atoms with Gasteiger partial charge in [0.05, 0.1) is 18.9 Å². The number of methoxy groups -OCH3 is 1. The highest BCUT2D eigenvalue weighted by Crippen LogP contribution is 2.27.